The smallest absolute Gasteiger partial charge is 0.224 e. The van der Waals surface area contributed by atoms with E-state index < -0.39 is 0 Å². The van der Waals surface area contributed by atoms with Crippen molar-refractivity contribution in [1.82, 2.24) is 20.4 Å². The molecule has 0 radical (unpaired) electrons. The van der Waals surface area contributed by atoms with Crippen molar-refractivity contribution in [2.45, 2.75) is 26.3 Å². The number of carbonyl (C=O) groups is 1. The second kappa shape index (κ2) is 6.54. The summed E-state index contributed by atoms with van der Waals surface area (Å²) in [6.07, 6.45) is 5.83. The lowest BCUT2D eigenvalue weighted by molar-refractivity contribution is -0.125. The highest BCUT2D eigenvalue weighted by atomic mass is 16.1. The van der Waals surface area contributed by atoms with Crippen LogP contribution in [0.3, 0.4) is 0 Å². The van der Waals surface area contributed by atoms with Gasteiger partial charge in [0.25, 0.3) is 0 Å². The summed E-state index contributed by atoms with van der Waals surface area (Å²) in [5.41, 5.74) is 0. The first-order valence-corrected chi connectivity index (χ1v) is 6.71. The maximum atomic E-state index is 11.9. The van der Waals surface area contributed by atoms with Gasteiger partial charge in [-0.2, -0.15) is 5.10 Å². The summed E-state index contributed by atoms with van der Waals surface area (Å²) >= 11 is 0. The normalized spacial score (nSPS) is 21.5. The van der Waals surface area contributed by atoms with Crippen LogP contribution in [0.4, 0.5) is 0 Å². The number of hydrogen-bond acceptors (Lipinski definition) is 3. The molecule has 1 aromatic heterocycles. The third-order valence-electron chi connectivity index (χ3n) is 3.35. The van der Waals surface area contributed by atoms with Crippen molar-refractivity contribution in [1.29, 1.82) is 0 Å². The number of aromatic nitrogens is 2. The monoisotopic (exact) mass is 250 g/mol. The highest BCUT2D eigenvalue weighted by Gasteiger charge is 2.20. The minimum atomic E-state index is 0.149. The van der Waals surface area contributed by atoms with Gasteiger partial charge in [0.2, 0.25) is 5.91 Å². The molecule has 1 aromatic rings. The molecular weight excluding hydrogens is 228 g/mol. The topological polar surface area (TPSA) is 59.0 Å². The Labute approximate surface area is 108 Å². The quantitative estimate of drug-likeness (QED) is 0.806. The number of nitrogens with zero attached hydrogens (tertiary/aromatic N) is 2. The zero-order valence-corrected chi connectivity index (χ0v) is 10.9. The van der Waals surface area contributed by atoms with Gasteiger partial charge in [-0.1, -0.05) is 6.92 Å². The molecule has 1 saturated heterocycles. The van der Waals surface area contributed by atoms with Crippen LogP contribution in [0.25, 0.3) is 0 Å². The molecule has 5 nitrogen and oxygen atoms in total. The van der Waals surface area contributed by atoms with Crippen LogP contribution in [-0.2, 0) is 11.3 Å². The van der Waals surface area contributed by atoms with Crippen LogP contribution in [0.1, 0.15) is 19.8 Å². The number of hydrogen-bond donors (Lipinski definition) is 2. The van der Waals surface area contributed by atoms with Gasteiger partial charge in [0, 0.05) is 32.0 Å². The molecule has 2 heterocycles. The number of piperidine rings is 1. The van der Waals surface area contributed by atoms with Gasteiger partial charge >= 0.3 is 0 Å². The molecule has 1 fully saturated rings. The predicted octanol–water partition coefficient (Wildman–Crippen LogP) is 0.635. The van der Waals surface area contributed by atoms with Gasteiger partial charge in [-0.25, -0.2) is 0 Å². The molecule has 2 atom stereocenters. The minimum Gasteiger partial charge on any atom is -0.355 e. The molecule has 5 heteroatoms. The molecule has 2 N–H and O–H groups in total. The van der Waals surface area contributed by atoms with Gasteiger partial charge in [-0.15, -0.1) is 0 Å². The summed E-state index contributed by atoms with van der Waals surface area (Å²) in [7, 11) is 0. The lowest BCUT2D eigenvalue weighted by Gasteiger charge is -2.22. The van der Waals surface area contributed by atoms with Crippen molar-refractivity contribution < 1.29 is 4.79 Å². The Hall–Kier alpha value is -1.36. The van der Waals surface area contributed by atoms with E-state index in [1.807, 2.05) is 16.9 Å². The van der Waals surface area contributed by atoms with E-state index in [2.05, 4.69) is 22.7 Å². The van der Waals surface area contributed by atoms with Gasteiger partial charge in [-0.05, 0) is 31.4 Å². The molecule has 0 aliphatic carbocycles. The van der Waals surface area contributed by atoms with Gasteiger partial charge < -0.3 is 10.6 Å². The molecule has 100 valence electrons. The molecule has 18 heavy (non-hydrogen) atoms. The fraction of sp³-hybridized carbons (Fsp3) is 0.692. The summed E-state index contributed by atoms with van der Waals surface area (Å²) < 4.78 is 1.90. The van der Waals surface area contributed by atoms with Crippen molar-refractivity contribution in [3.05, 3.63) is 18.5 Å². The van der Waals surface area contributed by atoms with Crippen LogP contribution in [0.5, 0.6) is 0 Å². The zero-order valence-electron chi connectivity index (χ0n) is 10.9. The first-order valence-electron chi connectivity index (χ1n) is 6.71. The summed E-state index contributed by atoms with van der Waals surface area (Å²) in [6.45, 7) is 5.55. The van der Waals surface area contributed by atoms with E-state index in [-0.39, 0.29) is 11.8 Å². The van der Waals surface area contributed by atoms with E-state index >= 15 is 0 Å². The van der Waals surface area contributed by atoms with Gasteiger partial charge in [0.1, 0.15) is 0 Å². The Morgan fingerprint density at radius 3 is 3.22 bits per heavy atom. The van der Waals surface area contributed by atoms with Crippen LogP contribution in [0.2, 0.25) is 0 Å². The largest absolute Gasteiger partial charge is 0.355 e. The molecule has 1 aliphatic heterocycles. The fourth-order valence-electron chi connectivity index (χ4n) is 2.29. The molecule has 2 unspecified atom stereocenters. The molecule has 0 bridgehead atoms. The van der Waals surface area contributed by atoms with E-state index in [9.17, 15) is 4.79 Å². The molecule has 0 aromatic carbocycles. The first-order chi connectivity index (χ1) is 8.75. The third-order valence-corrected chi connectivity index (χ3v) is 3.35. The average molecular weight is 250 g/mol. The van der Waals surface area contributed by atoms with Crippen LogP contribution >= 0.6 is 0 Å². The number of rotatable bonds is 5. The van der Waals surface area contributed by atoms with E-state index in [0.29, 0.717) is 5.92 Å². The second-order valence-corrected chi connectivity index (χ2v) is 5.12. The minimum absolute atomic E-state index is 0.149. The van der Waals surface area contributed by atoms with Gasteiger partial charge in [0.15, 0.2) is 0 Å². The summed E-state index contributed by atoms with van der Waals surface area (Å²) in [4.78, 5) is 11.9. The first kappa shape index (κ1) is 13.1. The van der Waals surface area contributed by atoms with Crippen LogP contribution in [-0.4, -0.2) is 35.3 Å². The van der Waals surface area contributed by atoms with Crippen LogP contribution in [0, 0.1) is 11.8 Å². The highest BCUT2D eigenvalue weighted by molar-refractivity contribution is 5.78. The predicted molar refractivity (Wildman–Crippen MR) is 70.0 cm³/mol. The lowest BCUT2D eigenvalue weighted by Crippen LogP contribution is -2.42. The van der Waals surface area contributed by atoms with Crippen molar-refractivity contribution >= 4 is 5.91 Å². The van der Waals surface area contributed by atoms with Crippen LogP contribution < -0.4 is 10.6 Å². The average Bonchev–Trinajstić information content (AvgIpc) is 2.90. The van der Waals surface area contributed by atoms with Crippen molar-refractivity contribution in [3.8, 4) is 0 Å². The number of amides is 1. The van der Waals surface area contributed by atoms with Crippen molar-refractivity contribution in [3.63, 3.8) is 0 Å². The highest BCUT2D eigenvalue weighted by Crippen LogP contribution is 2.10. The SMILES string of the molecule is CC(CNC(=O)C1CCCNC1)Cn1cccn1. The van der Waals surface area contributed by atoms with Gasteiger partial charge in [-0.3, -0.25) is 9.48 Å². The van der Waals surface area contributed by atoms with E-state index in [4.69, 9.17) is 0 Å². The van der Waals surface area contributed by atoms with Crippen molar-refractivity contribution in [2.24, 2.45) is 11.8 Å². The number of carbonyl (C=O) groups excluding carboxylic acids is 1. The molecule has 2 rings (SSSR count). The fourth-order valence-corrected chi connectivity index (χ4v) is 2.29. The Bertz CT molecular complexity index is 357. The molecule has 0 spiro atoms. The number of nitrogens with one attached hydrogen (secondary N) is 2. The molecule has 0 saturated carbocycles. The lowest BCUT2D eigenvalue weighted by atomic mass is 9.98. The maximum Gasteiger partial charge on any atom is 0.224 e. The Balaban J connectivity index is 1.68. The summed E-state index contributed by atoms with van der Waals surface area (Å²) in [5, 5.41) is 10.5. The Kier molecular flexibility index (Phi) is 4.75. The van der Waals surface area contributed by atoms with E-state index in [0.717, 1.165) is 39.0 Å². The van der Waals surface area contributed by atoms with E-state index in [1.54, 1.807) is 6.20 Å². The Morgan fingerprint density at radius 2 is 2.56 bits per heavy atom. The van der Waals surface area contributed by atoms with Crippen molar-refractivity contribution in [2.75, 3.05) is 19.6 Å². The maximum absolute atomic E-state index is 11.9. The summed E-state index contributed by atoms with van der Waals surface area (Å²) in [6, 6.07) is 1.92. The Morgan fingerprint density at radius 1 is 1.67 bits per heavy atom. The summed E-state index contributed by atoms with van der Waals surface area (Å²) in [5.74, 6) is 0.732. The molecule has 1 amide bonds. The van der Waals surface area contributed by atoms with Crippen LogP contribution in [0.15, 0.2) is 18.5 Å². The van der Waals surface area contributed by atoms with Gasteiger partial charge in [0.05, 0.1) is 5.92 Å². The second-order valence-electron chi connectivity index (χ2n) is 5.12. The third kappa shape index (κ3) is 3.84. The molecular formula is C13H22N4O. The zero-order chi connectivity index (χ0) is 12.8. The molecule has 1 aliphatic rings. The van der Waals surface area contributed by atoms with E-state index in [1.165, 1.54) is 0 Å². The standard InChI is InChI=1S/C13H22N4O/c1-11(10-17-7-3-6-16-17)8-15-13(18)12-4-2-5-14-9-12/h3,6-7,11-12,14H,2,4-5,8-10H2,1H3,(H,15,18).